The third-order valence-corrected chi connectivity index (χ3v) is 17.9. The van der Waals surface area contributed by atoms with Gasteiger partial charge < -0.3 is 4.74 Å². The van der Waals surface area contributed by atoms with Crippen LogP contribution in [0.25, 0.3) is 89.0 Å². The molecule has 6 aromatic heterocycles. The summed E-state index contributed by atoms with van der Waals surface area (Å²) >= 11 is 0. The SMILES string of the molecule is Cc1ccc(-c2cccc(F)c2)cc1.Cc1ccc(-c2ccccc2)cc1Oc1ccccc1.Cc1ccc(-c2cccnc2)cc1.Cc1ccc(-c2cccnc2)cc1.Cc1ccc(-c2ccncc2)cc1.Cc1cccc(-c2ccncc2)c1.Cc1ccccc1-c1cccnc1.Cc1ccccc1-c1ccncc1. The van der Waals surface area contributed by atoms with E-state index in [9.17, 15) is 4.39 Å². The number of halogens is 1. The van der Waals surface area contributed by atoms with Crippen LogP contribution in [0.3, 0.4) is 0 Å². The lowest BCUT2D eigenvalue weighted by Crippen LogP contribution is -1.88. The van der Waals surface area contributed by atoms with E-state index in [4.69, 9.17) is 4.74 Å². The normalized spacial score (nSPS) is 10.0. The van der Waals surface area contributed by atoms with E-state index in [0.29, 0.717) is 0 Å². The van der Waals surface area contributed by atoms with Gasteiger partial charge in [0.15, 0.2) is 0 Å². The van der Waals surface area contributed by atoms with E-state index >= 15 is 0 Å². The summed E-state index contributed by atoms with van der Waals surface area (Å²) in [6.45, 7) is 16.7. The molecule has 11 aromatic carbocycles. The molecule has 0 aliphatic heterocycles. The Bertz CT molecular complexity index is 5240. The molecule has 6 heterocycles. The van der Waals surface area contributed by atoms with Gasteiger partial charge in [0.1, 0.15) is 17.3 Å². The highest BCUT2D eigenvalue weighted by atomic mass is 19.1. The minimum atomic E-state index is -0.192. The molecule has 17 rings (SSSR count). The summed E-state index contributed by atoms with van der Waals surface area (Å²) in [6.07, 6.45) is 21.9. The van der Waals surface area contributed by atoms with Crippen molar-refractivity contribution in [1.82, 2.24) is 29.9 Å². The molecule has 0 atom stereocenters. The van der Waals surface area contributed by atoms with Gasteiger partial charge in [-0.3, -0.25) is 29.9 Å². The van der Waals surface area contributed by atoms with Crippen molar-refractivity contribution in [2.45, 2.75) is 55.4 Å². The molecular weight excluding hydrogens is 1370 g/mol. The highest BCUT2D eigenvalue weighted by Gasteiger charge is 2.07. The number of ether oxygens (including phenoxy) is 1. The smallest absolute Gasteiger partial charge is 0.130 e. The number of para-hydroxylation sites is 1. The molecular formula is C104H93FN6O. The summed E-state index contributed by atoms with van der Waals surface area (Å²) in [7, 11) is 0. The van der Waals surface area contributed by atoms with Crippen LogP contribution in [0.5, 0.6) is 11.5 Å². The maximum absolute atomic E-state index is 12.9. The lowest BCUT2D eigenvalue weighted by molar-refractivity contribution is 0.479. The van der Waals surface area contributed by atoms with Crippen molar-refractivity contribution < 1.29 is 9.13 Å². The van der Waals surface area contributed by atoms with E-state index in [-0.39, 0.29) is 5.82 Å². The number of aromatic nitrogens is 6. The molecule has 0 saturated heterocycles. The van der Waals surface area contributed by atoms with E-state index in [1.165, 1.54) is 123 Å². The first-order chi connectivity index (χ1) is 54.8. The molecule has 8 heteroatoms. The zero-order chi connectivity index (χ0) is 78.3. The summed E-state index contributed by atoms with van der Waals surface area (Å²) in [6, 6.07) is 116. The number of aryl methyl sites for hydroxylation is 8. The average molecular weight is 1460 g/mol. The van der Waals surface area contributed by atoms with Crippen LogP contribution in [0.1, 0.15) is 44.5 Å². The number of nitrogens with zero attached hydrogens (tertiary/aromatic N) is 6. The summed E-state index contributed by atoms with van der Waals surface area (Å²) in [4.78, 5) is 24.3. The number of hydrogen-bond donors (Lipinski definition) is 0. The fraction of sp³-hybridized carbons (Fsp3) is 0.0769. The largest absolute Gasteiger partial charge is 0.457 e. The molecule has 0 aliphatic carbocycles. The van der Waals surface area contributed by atoms with E-state index in [0.717, 1.165) is 28.2 Å². The predicted octanol–water partition coefficient (Wildman–Crippen LogP) is 27.6. The highest BCUT2D eigenvalue weighted by Crippen LogP contribution is 2.32. The number of rotatable bonds is 10. The van der Waals surface area contributed by atoms with Gasteiger partial charge in [0.05, 0.1) is 0 Å². The molecule has 0 bridgehead atoms. The minimum absolute atomic E-state index is 0.192. The third kappa shape index (κ3) is 26.5. The summed E-state index contributed by atoms with van der Waals surface area (Å²) in [5, 5.41) is 0. The van der Waals surface area contributed by atoms with Gasteiger partial charge in [-0.2, -0.15) is 0 Å². The van der Waals surface area contributed by atoms with Gasteiger partial charge in [-0.15, -0.1) is 0 Å². The van der Waals surface area contributed by atoms with Gasteiger partial charge >= 0.3 is 0 Å². The van der Waals surface area contributed by atoms with Crippen LogP contribution in [0.15, 0.2) is 420 Å². The molecule has 7 nitrogen and oxygen atoms in total. The Hall–Kier alpha value is -14.0. The van der Waals surface area contributed by atoms with Gasteiger partial charge in [0.2, 0.25) is 0 Å². The first-order valence-corrected chi connectivity index (χ1v) is 37.3. The summed E-state index contributed by atoms with van der Waals surface area (Å²) in [5.74, 6) is 1.57. The number of benzene rings is 11. The molecule has 0 unspecified atom stereocenters. The standard InChI is InChI=1S/C19H16O.C13H11F.6C12H11N/c1-15-12-13-17(16-8-4-2-5-9-16)14-19(15)20-18-10-6-3-7-11-18;1-10-5-7-11(8-6-10)12-3-2-4-13(14)9-12;1-10-2-4-11(5-3-10)12-6-8-13-9-7-12;2*1-10-4-6-11(7-5-10)12-3-2-8-13-9-12;1-10-5-2-3-7-12(10)11-6-4-8-13-9-11;1-10-3-2-4-12(9-10)11-5-7-13-8-6-11;1-10-4-2-3-5-12(10)11-6-8-13-9-7-11/h2-14H,1H3;2-9H,1H3;6*2-9H,1H3. The monoisotopic (exact) mass is 1460 g/mol. The van der Waals surface area contributed by atoms with Crippen LogP contribution >= 0.6 is 0 Å². The quantitative estimate of drug-likeness (QED) is 0.135. The zero-order valence-corrected chi connectivity index (χ0v) is 64.8. The second-order valence-corrected chi connectivity index (χ2v) is 26.7. The number of pyridine rings is 6. The van der Waals surface area contributed by atoms with Gasteiger partial charge in [-0.05, 0) is 240 Å². The molecule has 0 saturated carbocycles. The van der Waals surface area contributed by atoms with Crippen LogP contribution in [-0.4, -0.2) is 29.9 Å². The Labute approximate surface area is 661 Å². The Kier molecular flexibility index (Phi) is 31.5. The lowest BCUT2D eigenvalue weighted by atomic mass is 10.0. The molecule has 112 heavy (non-hydrogen) atoms. The van der Waals surface area contributed by atoms with E-state index in [1.807, 2.05) is 196 Å². The fourth-order valence-electron chi connectivity index (χ4n) is 11.6. The maximum atomic E-state index is 12.9. The van der Waals surface area contributed by atoms with Crippen molar-refractivity contribution >= 4 is 0 Å². The molecule has 0 spiro atoms. The van der Waals surface area contributed by atoms with E-state index in [1.54, 1.807) is 30.7 Å². The van der Waals surface area contributed by atoms with Crippen LogP contribution in [-0.2, 0) is 0 Å². The molecule has 0 amide bonds. The van der Waals surface area contributed by atoms with Crippen LogP contribution < -0.4 is 4.74 Å². The summed E-state index contributed by atoms with van der Waals surface area (Å²) in [5.41, 5.74) is 29.1. The van der Waals surface area contributed by atoms with Crippen molar-refractivity contribution in [2.24, 2.45) is 0 Å². The van der Waals surface area contributed by atoms with Crippen LogP contribution in [0, 0.1) is 61.2 Å². The van der Waals surface area contributed by atoms with Crippen molar-refractivity contribution in [3.63, 3.8) is 0 Å². The average Bonchev–Trinajstić information content (AvgIpc) is 0.804. The van der Waals surface area contributed by atoms with Crippen molar-refractivity contribution in [2.75, 3.05) is 0 Å². The molecule has 552 valence electrons. The van der Waals surface area contributed by atoms with Gasteiger partial charge in [0, 0.05) is 79.9 Å². The van der Waals surface area contributed by atoms with Crippen molar-refractivity contribution in [3.8, 4) is 101 Å². The Balaban J connectivity index is 0.000000136. The lowest BCUT2D eigenvalue weighted by Gasteiger charge is -2.11. The summed E-state index contributed by atoms with van der Waals surface area (Å²) < 4.78 is 18.9. The van der Waals surface area contributed by atoms with E-state index in [2.05, 4.69) is 272 Å². The second kappa shape index (κ2) is 43.8. The zero-order valence-electron chi connectivity index (χ0n) is 64.8. The molecule has 0 fully saturated rings. The molecule has 0 aliphatic rings. The van der Waals surface area contributed by atoms with Crippen molar-refractivity contribution in [3.05, 3.63) is 470 Å². The maximum Gasteiger partial charge on any atom is 0.130 e. The first kappa shape index (κ1) is 80.6. The van der Waals surface area contributed by atoms with Gasteiger partial charge in [-0.1, -0.05) is 289 Å². The van der Waals surface area contributed by atoms with E-state index < -0.39 is 0 Å². The Morgan fingerprint density at radius 2 is 0.518 bits per heavy atom. The molecule has 0 N–H and O–H groups in total. The Morgan fingerprint density at radius 3 is 0.946 bits per heavy atom. The van der Waals surface area contributed by atoms with Crippen LogP contribution in [0.4, 0.5) is 4.39 Å². The predicted molar refractivity (Wildman–Crippen MR) is 466 cm³/mol. The topological polar surface area (TPSA) is 86.6 Å². The molecule has 17 aromatic rings. The second-order valence-electron chi connectivity index (χ2n) is 26.7. The van der Waals surface area contributed by atoms with Crippen LogP contribution in [0.2, 0.25) is 0 Å². The fourth-order valence-corrected chi connectivity index (χ4v) is 11.6. The first-order valence-electron chi connectivity index (χ1n) is 37.3. The number of hydrogen-bond acceptors (Lipinski definition) is 7. The highest BCUT2D eigenvalue weighted by molar-refractivity contribution is 5.70. The molecule has 0 radical (unpaired) electrons. The van der Waals surface area contributed by atoms with Gasteiger partial charge in [0.25, 0.3) is 0 Å². The Morgan fingerprint density at radius 1 is 0.196 bits per heavy atom. The third-order valence-electron chi connectivity index (χ3n) is 17.9. The minimum Gasteiger partial charge on any atom is -0.457 e. The van der Waals surface area contributed by atoms with Crippen molar-refractivity contribution in [1.29, 1.82) is 0 Å². The van der Waals surface area contributed by atoms with Gasteiger partial charge in [-0.25, -0.2) is 4.39 Å².